The molecular formula is C29H42N4O2. The maximum atomic E-state index is 13.8. The van der Waals surface area contributed by atoms with Crippen LogP contribution in [0.25, 0.3) is 0 Å². The Morgan fingerprint density at radius 1 is 0.943 bits per heavy atom. The summed E-state index contributed by atoms with van der Waals surface area (Å²) in [6.07, 6.45) is 4.19. The van der Waals surface area contributed by atoms with Gasteiger partial charge in [-0.2, -0.15) is 0 Å². The summed E-state index contributed by atoms with van der Waals surface area (Å²) >= 11 is 0. The highest BCUT2D eigenvalue weighted by Crippen LogP contribution is 2.29. The third-order valence-corrected chi connectivity index (χ3v) is 7.46. The van der Waals surface area contributed by atoms with Gasteiger partial charge in [0.25, 0.3) is 0 Å². The van der Waals surface area contributed by atoms with Gasteiger partial charge in [0.05, 0.1) is 12.0 Å². The van der Waals surface area contributed by atoms with Gasteiger partial charge < -0.3 is 15.1 Å². The molecule has 6 heteroatoms. The van der Waals surface area contributed by atoms with E-state index in [0.29, 0.717) is 25.8 Å². The topological polar surface area (TPSA) is 55.9 Å². The van der Waals surface area contributed by atoms with E-state index in [1.807, 2.05) is 52.5 Å². The number of benzene rings is 2. The molecule has 2 aromatic rings. The second-order valence-electron chi connectivity index (χ2n) is 9.94. The Kier molecular flexibility index (Phi) is 9.47. The zero-order chi connectivity index (χ0) is 25.4. The number of carbonyl (C=O) groups is 2. The molecule has 1 unspecified atom stereocenters. The molecule has 0 bridgehead atoms. The lowest BCUT2D eigenvalue weighted by Gasteiger charge is -2.38. The first-order valence-corrected chi connectivity index (χ1v) is 12.8. The van der Waals surface area contributed by atoms with E-state index in [2.05, 4.69) is 46.3 Å². The number of rotatable bonds is 12. The van der Waals surface area contributed by atoms with E-state index in [9.17, 15) is 9.59 Å². The van der Waals surface area contributed by atoms with Crippen LogP contribution in [0.3, 0.4) is 0 Å². The molecule has 1 atom stereocenters. The van der Waals surface area contributed by atoms with Crippen molar-refractivity contribution in [1.29, 1.82) is 0 Å². The predicted molar refractivity (Wildman–Crippen MR) is 144 cm³/mol. The maximum absolute atomic E-state index is 13.8. The van der Waals surface area contributed by atoms with Crippen LogP contribution in [0.4, 0.5) is 5.69 Å². The Morgan fingerprint density at radius 3 is 2.09 bits per heavy atom. The van der Waals surface area contributed by atoms with Gasteiger partial charge in [-0.1, -0.05) is 31.2 Å². The SMILES string of the molecule is CCC(Cc1ccc(CC(=O)N(C)CCNC)cc1)(C(=O)c1ccc(N2CCCC2)cc1)N(C)C. The van der Waals surface area contributed by atoms with Gasteiger partial charge in [-0.05, 0) is 82.2 Å². The standard InChI is InChI=1S/C29H42N4O2/c1-6-29(31(3)4,28(35)25-13-15-26(16-14-25)33-18-7-8-19-33)22-24-11-9-23(10-12-24)21-27(34)32(5)20-17-30-2/h9-16,30H,6-8,17-22H2,1-5H3. The molecule has 1 aliphatic heterocycles. The lowest BCUT2D eigenvalue weighted by Crippen LogP contribution is -2.52. The fourth-order valence-corrected chi connectivity index (χ4v) is 4.94. The largest absolute Gasteiger partial charge is 0.372 e. The van der Waals surface area contributed by atoms with Gasteiger partial charge in [0.15, 0.2) is 5.78 Å². The zero-order valence-corrected chi connectivity index (χ0v) is 22.1. The summed E-state index contributed by atoms with van der Waals surface area (Å²) in [6, 6.07) is 16.3. The summed E-state index contributed by atoms with van der Waals surface area (Å²) in [7, 11) is 7.71. The minimum Gasteiger partial charge on any atom is -0.372 e. The van der Waals surface area contributed by atoms with Crippen molar-refractivity contribution < 1.29 is 9.59 Å². The van der Waals surface area contributed by atoms with Crippen molar-refractivity contribution >= 4 is 17.4 Å². The van der Waals surface area contributed by atoms with Gasteiger partial charge >= 0.3 is 0 Å². The van der Waals surface area contributed by atoms with E-state index >= 15 is 0 Å². The van der Waals surface area contributed by atoms with E-state index < -0.39 is 5.54 Å². The van der Waals surface area contributed by atoms with Gasteiger partial charge in [0.2, 0.25) is 5.91 Å². The average molecular weight is 479 g/mol. The van der Waals surface area contributed by atoms with E-state index in [1.165, 1.54) is 18.5 Å². The van der Waals surface area contributed by atoms with Crippen LogP contribution in [-0.2, 0) is 17.6 Å². The smallest absolute Gasteiger partial charge is 0.226 e. The average Bonchev–Trinajstić information content (AvgIpc) is 3.41. The molecule has 190 valence electrons. The Morgan fingerprint density at radius 2 is 1.54 bits per heavy atom. The normalized spacial score (nSPS) is 15.3. The Hall–Kier alpha value is -2.70. The number of nitrogens with zero attached hydrogens (tertiary/aromatic N) is 3. The van der Waals surface area contributed by atoms with Crippen molar-refractivity contribution in [2.45, 2.75) is 44.6 Å². The molecular weight excluding hydrogens is 436 g/mol. The van der Waals surface area contributed by atoms with Gasteiger partial charge in [-0.15, -0.1) is 0 Å². The number of hydrogen-bond donors (Lipinski definition) is 1. The minimum atomic E-state index is -0.625. The molecule has 35 heavy (non-hydrogen) atoms. The van der Waals surface area contributed by atoms with Crippen LogP contribution in [0.2, 0.25) is 0 Å². The monoisotopic (exact) mass is 478 g/mol. The van der Waals surface area contributed by atoms with Crippen LogP contribution in [0.15, 0.2) is 48.5 Å². The van der Waals surface area contributed by atoms with Crippen LogP contribution in [-0.4, -0.2) is 81.4 Å². The van der Waals surface area contributed by atoms with Crippen molar-refractivity contribution in [1.82, 2.24) is 15.1 Å². The highest BCUT2D eigenvalue weighted by Gasteiger charge is 2.39. The van der Waals surface area contributed by atoms with Gasteiger partial charge in [0.1, 0.15) is 0 Å². The summed E-state index contributed by atoms with van der Waals surface area (Å²) in [4.78, 5) is 32.5. The number of likely N-dealkylation sites (N-methyl/N-ethyl adjacent to an activating group) is 3. The van der Waals surface area contributed by atoms with Crippen LogP contribution in [0, 0.1) is 0 Å². The highest BCUT2D eigenvalue weighted by molar-refractivity contribution is 6.03. The van der Waals surface area contributed by atoms with Crippen LogP contribution < -0.4 is 10.2 Å². The third-order valence-electron chi connectivity index (χ3n) is 7.46. The summed E-state index contributed by atoms with van der Waals surface area (Å²) < 4.78 is 0. The Bertz CT molecular complexity index is 965. The molecule has 0 aromatic heterocycles. The van der Waals surface area contributed by atoms with E-state index in [-0.39, 0.29) is 11.7 Å². The van der Waals surface area contributed by atoms with E-state index in [0.717, 1.165) is 36.3 Å². The second-order valence-corrected chi connectivity index (χ2v) is 9.94. The number of amides is 1. The highest BCUT2D eigenvalue weighted by atomic mass is 16.2. The van der Waals surface area contributed by atoms with Crippen molar-refractivity contribution in [3.63, 3.8) is 0 Å². The minimum absolute atomic E-state index is 0.108. The first-order chi connectivity index (χ1) is 16.8. The fraction of sp³-hybridized carbons (Fsp3) is 0.517. The number of ketones is 1. The summed E-state index contributed by atoms with van der Waals surface area (Å²) in [6.45, 7) is 5.75. The molecule has 0 saturated carbocycles. The lowest BCUT2D eigenvalue weighted by molar-refractivity contribution is -0.129. The summed E-state index contributed by atoms with van der Waals surface area (Å²) in [5.74, 6) is 0.264. The molecule has 1 saturated heterocycles. The van der Waals surface area contributed by atoms with Crippen molar-refractivity contribution in [2.24, 2.45) is 0 Å². The number of hydrogen-bond acceptors (Lipinski definition) is 5. The fourth-order valence-electron chi connectivity index (χ4n) is 4.94. The zero-order valence-electron chi connectivity index (χ0n) is 22.1. The summed E-state index contributed by atoms with van der Waals surface area (Å²) in [5, 5.41) is 3.07. The van der Waals surface area contributed by atoms with E-state index in [1.54, 1.807) is 4.90 Å². The number of Topliss-reactive ketones (excluding diaryl/α,β-unsaturated/α-hetero) is 1. The Labute approximate surface area is 211 Å². The molecule has 1 heterocycles. The van der Waals surface area contributed by atoms with Crippen LogP contribution >= 0.6 is 0 Å². The molecule has 6 nitrogen and oxygen atoms in total. The van der Waals surface area contributed by atoms with Crippen molar-refractivity contribution in [2.75, 3.05) is 59.3 Å². The third kappa shape index (κ3) is 6.50. The molecule has 1 amide bonds. The lowest BCUT2D eigenvalue weighted by atomic mass is 9.80. The number of carbonyl (C=O) groups excluding carboxylic acids is 2. The maximum Gasteiger partial charge on any atom is 0.226 e. The molecule has 0 spiro atoms. The van der Waals surface area contributed by atoms with Crippen molar-refractivity contribution in [3.05, 3.63) is 65.2 Å². The Balaban J connectivity index is 1.73. The molecule has 1 aliphatic rings. The number of anilines is 1. The quantitative estimate of drug-likeness (QED) is 0.472. The number of nitrogens with one attached hydrogen (secondary N) is 1. The van der Waals surface area contributed by atoms with Gasteiger partial charge in [-0.3, -0.25) is 14.5 Å². The van der Waals surface area contributed by atoms with Crippen LogP contribution in [0.1, 0.15) is 47.7 Å². The predicted octanol–water partition coefficient (Wildman–Crippen LogP) is 3.64. The van der Waals surface area contributed by atoms with Gasteiger partial charge in [-0.25, -0.2) is 0 Å². The molecule has 3 rings (SSSR count). The molecule has 0 aliphatic carbocycles. The first kappa shape index (κ1) is 26.9. The first-order valence-electron chi connectivity index (χ1n) is 12.8. The molecule has 0 radical (unpaired) electrons. The summed E-state index contributed by atoms with van der Waals surface area (Å²) in [5.41, 5.74) is 3.43. The molecule has 1 N–H and O–H groups in total. The van der Waals surface area contributed by atoms with Crippen LogP contribution in [0.5, 0.6) is 0 Å². The molecule has 1 fully saturated rings. The second kappa shape index (κ2) is 12.3. The molecule has 2 aromatic carbocycles. The van der Waals surface area contributed by atoms with Crippen molar-refractivity contribution in [3.8, 4) is 0 Å². The van der Waals surface area contributed by atoms with Gasteiger partial charge in [0, 0.05) is 44.5 Å². The van der Waals surface area contributed by atoms with E-state index in [4.69, 9.17) is 0 Å².